The first-order valence-electron chi connectivity index (χ1n) is 6.03. The van der Waals surface area contributed by atoms with Gasteiger partial charge in [-0.05, 0) is 25.7 Å². The van der Waals surface area contributed by atoms with Gasteiger partial charge in [-0.3, -0.25) is 0 Å². The molecule has 3 nitrogen and oxygen atoms in total. The fourth-order valence-corrected chi connectivity index (χ4v) is 1.80. The summed E-state index contributed by atoms with van der Waals surface area (Å²) >= 11 is 0. The van der Waals surface area contributed by atoms with Gasteiger partial charge in [0.2, 0.25) is 0 Å². The van der Waals surface area contributed by atoms with Gasteiger partial charge in [-0.25, -0.2) is 0 Å². The molecule has 0 spiro atoms. The zero-order valence-electron chi connectivity index (χ0n) is 10.2. The van der Waals surface area contributed by atoms with Crippen LogP contribution in [0.2, 0.25) is 0 Å². The molecule has 1 atom stereocenters. The molecule has 1 unspecified atom stereocenters. The van der Waals surface area contributed by atoms with Crippen molar-refractivity contribution in [3.8, 4) is 0 Å². The molecule has 0 saturated carbocycles. The molecular formula is C12H24O3. The SMILES string of the molecule is CC(C)CC(C)OCCC1OCCCO1. The molecule has 0 aromatic heterocycles. The van der Waals surface area contributed by atoms with E-state index in [-0.39, 0.29) is 6.29 Å². The van der Waals surface area contributed by atoms with Gasteiger partial charge in [0.15, 0.2) is 6.29 Å². The van der Waals surface area contributed by atoms with Crippen LogP contribution in [-0.4, -0.2) is 32.2 Å². The third-order valence-corrected chi connectivity index (χ3v) is 2.46. The number of hydrogen-bond acceptors (Lipinski definition) is 3. The van der Waals surface area contributed by atoms with E-state index in [1.165, 1.54) is 0 Å². The van der Waals surface area contributed by atoms with E-state index in [1.807, 2.05) is 0 Å². The van der Waals surface area contributed by atoms with Crippen LogP contribution in [0.15, 0.2) is 0 Å². The predicted octanol–water partition coefficient (Wildman–Crippen LogP) is 2.59. The van der Waals surface area contributed by atoms with Crippen LogP contribution < -0.4 is 0 Å². The molecule has 1 saturated heterocycles. The highest BCUT2D eigenvalue weighted by molar-refractivity contribution is 4.56. The Hall–Kier alpha value is -0.120. The Bertz CT molecular complexity index is 153. The Labute approximate surface area is 93.1 Å². The van der Waals surface area contributed by atoms with Gasteiger partial charge >= 0.3 is 0 Å². The Kier molecular flexibility index (Phi) is 6.22. The van der Waals surface area contributed by atoms with Crippen LogP contribution in [-0.2, 0) is 14.2 Å². The molecule has 1 aliphatic heterocycles. The Morgan fingerprint density at radius 1 is 1.20 bits per heavy atom. The highest BCUT2D eigenvalue weighted by Crippen LogP contribution is 2.11. The second-order valence-electron chi connectivity index (χ2n) is 4.62. The smallest absolute Gasteiger partial charge is 0.159 e. The molecule has 0 radical (unpaired) electrons. The van der Waals surface area contributed by atoms with Crippen molar-refractivity contribution in [1.82, 2.24) is 0 Å². The van der Waals surface area contributed by atoms with Crippen molar-refractivity contribution in [3.63, 3.8) is 0 Å². The first-order chi connectivity index (χ1) is 7.18. The summed E-state index contributed by atoms with van der Waals surface area (Å²) in [5.41, 5.74) is 0. The van der Waals surface area contributed by atoms with E-state index in [0.717, 1.165) is 39.1 Å². The lowest BCUT2D eigenvalue weighted by Gasteiger charge is -2.24. The fourth-order valence-electron chi connectivity index (χ4n) is 1.80. The summed E-state index contributed by atoms with van der Waals surface area (Å²) in [5.74, 6) is 0.696. The van der Waals surface area contributed by atoms with Gasteiger partial charge in [0.05, 0.1) is 25.9 Å². The molecule has 0 amide bonds. The van der Waals surface area contributed by atoms with Gasteiger partial charge in [0.25, 0.3) is 0 Å². The quantitative estimate of drug-likeness (QED) is 0.683. The van der Waals surface area contributed by atoms with E-state index < -0.39 is 0 Å². The molecule has 0 aliphatic carbocycles. The maximum atomic E-state index is 5.70. The second kappa shape index (κ2) is 7.20. The summed E-state index contributed by atoms with van der Waals surface area (Å²) in [6.45, 7) is 8.94. The Morgan fingerprint density at radius 3 is 2.47 bits per heavy atom. The van der Waals surface area contributed by atoms with Crippen LogP contribution in [0.3, 0.4) is 0 Å². The van der Waals surface area contributed by atoms with Gasteiger partial charge in [-0.15, -0.1) is 0 Å². The van der Waals surface area contributed by atoms with Crippen molar-refractivity contribution in [3.05, 3.63) is 0 Å². The fraction of sp³-hybridized carbons (Fsp3) is 1.00. The van der Waals surface area contributed by atoms with Gasteiger partial charge in [0, 0.05) is 6.42 Å². The molecule has 3 heteroatoms. The van der Waals surface area contributed by atoms with E-state index in [4.69, 9.17) is 14.2 Å². The lowest BCUT2D eigenvalue weighted by Crippen LogP contribution is -2.26. The summed E-state index contributed by atoms with van der Waals surface area (Å²) in [7, 11) is 0. The average molecular weight is 216 g/mol. The van der Waals surface area contributed by atoms with Crippen LogP contribution in [0, 0.1) is 5.92 Å². The number of rotatable bonds is 6. The molecule has 0 bridgehead atoms. The van der Waals surface area contributed by atoms with Gasteiger partial charge in [0.1, 0.15) is 0 Å². The van der Waals surface area contributed by atoms with E-state index >= 15 is 0 Å². The van der Waals surface area contributed by atoms with Crippen molar-refractivity contribution in [2.24, 2.45) is 5.92 Å². The molecular weight excluding hydrogens is 192 g/mol. The van der Waals surface area contributed by atoms with Crippen LogP contribution in [0.25, 0.3) is 0 Å². The minimum Gasteiger partial charge on any atom is -0.378 e. The lowest BCUT2D eigenvalue weighted by atomic mass is 10.1. The van der Waals surface area contributed by atoms with Crippen LogP contribution in [0.5, 0.6) is 0 Å². The maximum Gasteiger partial charge on any atom is 0.159 e. The minimum absolute atomic E-state index is 0.0370. The third kappa shape index (κ3) is 6.13. The lowest BCUT2D eigenvalue weighted by molar-refractivity contribution is -0.187. The Morgan fingerprint density at radius 2 is 1.87 bits per heavy atom. The highest BCUT2D eigenvalue weighted by Gasteiger charge is 2.14. The van der Waals surface area contributed by atoms with E-state index in [9.17, 15) is 0 Å². The van der Waals surface area contributed by atoms with E-state index in [2.05, 4.69) is 20.8 Å². The monoisotopic (exact) mass is 216 g/mol. The predicted molar refractivity (Wildman–Crippen MR) is 59.8 cm³/mol. The normalized spacial score (nSPS) is 20.8. The van der Waals surface area contributed by atoms with E-state index in [0.29, 0.717) is 12.0 Å². The first-order valence-corrected chi connectivity index (χ1v) is 6.03. The summed E-state index contributed by atoms with van der Waals surface area (Å²) in [6, 6.07) is 0. The Balaban J connectivity index is 1.99. The molecule has 90 valence electrons. The summed E-state index contributed by atoms with van der Waals surface area (Å²) in [6.07, 6.45) is 3.29. The third-order valence-electron chi connectivity index (χ3n) is 2.46. The summed E-state index contributed by atoms with van der Waals surface area (Å²) in [5, 5.41) is 0. The van der Waals surface area contributed by atoms with Gasteiger partial charge in [-0.1, -0.05) is 13.8 Å². The molecule has 0 aromatic rings. The van der Waals surface area contributed by atoms with Crippen molar-refractivity contribution in [2.45, 2.75) is 52.4 Å². The summed E-state index contributed by atoms with van der Waals surface area (Å²) in [4.78, 5) is 0. The minimum atomic E-state index is -0.0370. The average Bonchev–Trinajstić information content (AvgIpc) is 2.18. The molecule has 0 N–H and O–H groups in total. The standard InChI is InChI=1S/C12H24O3/c1-10(2)9-11(3)13-8-5-12-14-6-4-7-15-12/h10-12H,4-9H2,1-3H3. The van der Waals surface area contributed by atoms with Crippen molar-refractivity contribution >= 4 is 0 Å². The molecule has 0 aromatic carbocycles. The molecule has 15 heavy (non-hydrogen) atoms. The van der Waals surface area contributed by atoms with Gasteiger partial charge in [-0.2, -0.15) is 0 Å². The van der Waals surface area contributed by atoms with E-state index in [1.54, 1.807) is 0 Å². The number of hydrogen-bond donors (Lipinski definition) is 0. The topological polar surface area (TPSA) is 27.7 Å². The highest BCUT2D eigenvalue weighted by atomic mass is 16.7. The molecule has 1 heterocycles. The van der Waals surface area contributed by atoms with Crippen LogP contribution in [0.1, 0.15) is 40.0 Å². The van der Waals surface area contributed by atoms with Crippen molar-refractivity contribution < 1.29 is 14.2 Å². The molecule has 1 rings (SSSR count). The number of ether oxygens (including phenoxy) is 3. The first kappa shape index (κ1) is 12.9. The second-order valence-corrected chi connectivity index (χ2v) is 4.62. The van der Waals surface area contributed by atoms with Crippen molar-refractivity contribution in [2.75, 3.05) is 19.8 Å². The largest absolute Gasteiger partial charge is 0.378 e. The van der Waals surface area contributed by atoms with Crippen LogP contribution in [0.4, 0.5) is 0 Å². The molecule has 1 aliphatic rings. The molecule has 1 fully saturated rings. The zero-order valence-corrected chi connectivity index (χ0v) is 10.2. The summed E-state index contributed by atoms with van der Waals surface area (Å²) < 4.78 is 16.6. The van der Waals surface area contributed by atoms with Crippen LogP contribution >= 0.6 is 0 Å². The van der Waals surface area contributed by atoms with Crippen molar-refractivity contribution in [1.29, 1.82) is 0 Å². The maximum absolute atomic E-state index is 5.70. The van der Waals surface area contributed by atoms with Gasteiger partial charge < -0.3 is 14.2 Å². The zero-order chi connectivity index (χ0) is 11.1.